The van der Waals surface area contributed by atoms with Crippen LogP contribution in [0.25, 0.3) is 0 Å². The molecule has 1 heterocycles. The van der Waals surface area contributed by atoms with Crippen molar-refractivity contribution in [2.45, 2.75) is 6.92 Å². The van der Waals surface area contributed by atoms with Crippen molar-refractivity contribution in [3.63, 3.8) is 0 Å². The number of hydrogen-bond acceptors (Lipinski definition) is 5. The van der Waals surface area contributed by atoms with Crippen molar-refractivity contribution in [2.75, 3.05) is 0 Å². The SMILES string of the molecule is CC1=C(Oc2ccccc2)NON1O. The minimum absolute atomic E-state index is 0.374. The predicted molar refractivity (Wildman–Crippen MR) is 47.6 cm³/mol. The Morgan fingerprint density at radius 1 is 1.36 bits per heavy atom. The van der Waals surface area contributed by atoms with E-state index in [0.717, 1.165) is 0 Å². The monoisotopic (exact) mass is 194 g/mol. The summed E-state index contributed by atoms with van der Waals surface area (Å²) in [6, 6.07) is 9.23. The lowest BCUT2D eigenvalue weighted by Gasteiger charge is -2.04. The lowest BCUT2D eigenvalue weighted by atomic mass is 10.3. The van der Waals surface area contributed by atoms with Crippen molar-refractivity contribution in [2.24, 2.45) is 0 Å². The maximum Gasteiger partial charge on any atom is 0.243 e. The first kappa shape index (κ1) is 8.86. The van der Waals surface area contributed by atoms with E-state index in [1.165, 1.54) is 0 Å². The molecule has 74 valence electrons. The number of hydroxylamine groups is 3. The minimum Gasteiger partial charge on any atom is -0.437 e. The summed E-state index contributed by atoms with van der Waals surface area (Å²) in [6.07, 6.45) is 0. The van der Waals surface area contributed by atoms with Crippen molar-refractivity contribution in [3.05, 3.63) is 41.9 Å². The first-order valence-electron chi connectivity index (χ1n) is 4.13. The molecule has 0 atom stereocenters. The number of ether oxygens (including phenoxy) is 1. The fourth-order valence-corrected chi connectivity index (χ4v) is 1.01. The van der Waals surface area contributed by atoms with Crippen LogP contribution < -0.4 is 10.2 Å². The van der Waals surface area contributed by atoms with Crippen LogP contribution in [0.4, 0.5) is 0 Å². The molecule has 1 aromatic carbocycles. The molecule has 5 nitrogen and oxygen atoms in total. The van der Waals surface area contributed by atoms with Crippen LogP contribution in [0.5, 0.6) is 5.75 Å². The van der Waals surface area contributed by atoms with Crippen LogP contribution in [0.1, 0.15) is 6.92 Å². The third-order valence-corrected chi connectivity index (χ3v) is 1.80. The Morgan fingerprint density at radius 3 is 2.64 bits per heavy atom. The third kappa shape index (κ3) is 1.63. The summed E-state index contributed by atoms with van der Waals surface area (Å²) < 4.78 is 5.40. The summed E-state index contributed by atoms with van der Waals surface area (Å²) in [7, 11) is 0. The van der Waals surface area contributed by atoms with E-state index in [2.05, 4.69) is 10.4 Å². The number of para-hydroxylation sites is 1. The maximum atomic E-state index is 9.06. The van der Waals surface area contributed by atoms with Gasteiger partial charge in [-0.25, -0.2) is 5.48 Å². The van der Waals surface area contributed by atoms with E-state index in [-0.39, 0.29) is 0 Å². The highest BCUT2D eigenvalue weighted by Crippen LogP contribution is 2.18. The van der Waals surface area contributed by atoms with Gasteiger partial charge in [0.2, 0.25) is 5.88 Å². The molecule has 5 heteroatoms. The van der Waals surface area contributed by atoms with Gasteiger partial charge in [0.25, 0.3) is 0 Å². The summed E-state index contributed by atoms with van der Waals surface area (Å²) in [6.45, 7) is 1.66. The molecule has 14 heavy (non-hydrogen) atoms. The Bertz CT molecular complexity index is 350. The van der Waals surface area contributed by atoms with Gasteiger partial charge in [-0.1, -0.05) is 18.2 Å². The van der Waals surface area contributed by atoms with Crippen LogP contribution in [0.3, 0.4) is 0 Å². The van der Waals surface area contributed by atoms with Crippen molar-refractivity contribution < 1.29 is 14.9 Å². The van der Waals surface area contributed by atoms with Gasteiger partial charge in [0.1, 0.15) is 11.4 Å². The first-order chi connectivity index (χ1) is 6.77. The van der Waals surface area contributed by atoms with Gasteiger partial charge in [0.05, 0.1) is 0 Å². The number of nitrogens with zero attached hydrogens (tertiary/aromatic N) is 1. The van der Waals surface area contributed by atoms with Crippen LogP contribution in [0.2, 0.25) is 0 Å². The Hall–Kier alpha value is -1.72. The van der Waals surface area contributed by atoms with Crippen LogP contribution in [-0.2, 0) is 4.94 Å². The molecule has 0 radical (unpaired) electrons. The van der Waals surface area contributed by atoms with Gasteiger partial charge < -0.3 is 4.74 Å². The van der Waals surface area contributed by atoms with Crippen LogP contribution >= 0.6 is 0 Å². The highest BCUT2D eigenvalue weighted by Gasteiger charge is 2.20. The van der Waals surface area contributed by atoms with Crippen molar-refractivity contribution >= 4 is 0 Å². The molecule has 0 saturated carbocycles. The quantitative estimate of drug-likeness (QED) is 0.745. The lowest BCUT2D eigenvalue weighted by molar-refractivity contribution is -0.324. The Kier molecular flexibility index (Phi) is 2.26. The lowest BCUT2D eigenvalue weighted by Crippen LogP contribution is -2.16. The second kappa shape index (κ2) is 3.57. The minimum atomic E-state index is 0.374. The molecular formula is C9H10N2O3. The standard InChI is InChI=1S/C9H10N2O3/c1-7-9(10-14-11(7)12)13-8-5-3-2-4-6-8/h2-6,10,12H,1H3. The van der Waals surface area contributed by atoms with Gasteiger partial charge in [-0.3, -0.25) is 5.21 Å². The smallest absolute Gasteiger partial charge is 0.243 e. The van der Waals surface area contributed by atoms with Crippen molar-refractivity contribution in [3.8, 4) is 5.75 Å². The molecule has 0 saturated heterocycles. The summed E-state index contributed by atoms with van der Waals surface area (Å²) in [5, 5.41) is 9.67. The Labute approximate surface area is 81.0 Å². The molecule has 0 aromatic heterocycles. The summed E-state index contributed by atoms with van der Waals surface area (Å²) in [4.78, 5) is 4.59. The second-order valence-electron chi connectivity index (χ2n) is 2.80. The first-order valence-corrected chi connectivity index (χ1v) is 4.13. The van der Waals surface area contributed by atoms with E-state index in [1.54, 1.807) is 6.92 Å². The topological polar surface area (TPSA) is 54.0 Å². The van der Waals surface area contributed by atoms with E-state index < -0.39 is 0 Å². The Balaban J connectivity index is 2.13. The number of nitrogens with one attached hydrogen (secondary N) is 1. The van der Waals surface area contributed by atoms with Crippen LogP contribution in [0, 0.1) is 0 Å². The molecule has 0 fully saturated rings. The zero-order chi connectivity index (χ0) is 9.97. The fourth-order valence-electron chi connectivity index (χ4n) is 1.01. The van der Waals surface area contributed by atoms with Crippen molar-refractivity contribution in [1.82, 2.24) is 10.7 Å². The summed E-state index contributed by atoms with van der Waals surface area (Å²) in [5.41, 5.74) is 2.90. The largest absolute Gasteiger partial charge is 0.437 e. The highest BCUT2D eigenvalue weighted by atomic mass is 17.0. The molecule has 0 aliphatic carbocycles. The highest BCUT2D eigenvalue weighted by molar-refractivity contribution is 5.23. The molecule has 0 unspecified atom stereocenters. The van der Waals surface area contributed by atoms with E-state index >= 15 is 0 Å². The molecule has 0 amide bonds. The number of hydrogen-bond donors (Lipinski definition) is 2. The fraction of sp³-hybridized carbons (Fsp3) is 0.111. The van der Waals surface area contributed by atoms with E-state index in [4.69, 9.17) is 9.94 Å². The van der Waals surface area contributed by atoms with Crippen LogP contribution in [-0.4, -0.2) is 10.4 Å². The van der Waals surface area contributed by atoms with E-state index in [1.807, 2.05) is 30.3 Å². The molecule has 1 aromatic rings. The average Bonchev–Trinajstić information content (AvgIpc) is 2.52. The summed E-state index contributed by atoms with van der Waals surface area (Å²) >= 11 is 0. The molecular weight excluding hydrogens is 184 g/mol. The molecule has 1 aliphatic heterocycles. The number of benzene rings is 1. The van der Waals surface area contributed by atoms with Gasteiger partial charge in [-0.15, -0.1) is 10.2 Å². The third-order valence-electron chi connectivity index (χ3n) is 1.80. The molecule has 2 rings (SSSR count). The summed E-state index contributed by atoms with van der Waals surface area (Å²) in [5.74, 6) is 1.05. The van der Waals surface area contributed by atoms with Gasteiger partial charge in [0.15, 0.2) is 0 Å². The van der Waals surface area contributed by atoms with Crippen molar-refractivity contribution in [1.29, 1.82) is 0 Å². The van der Waals surface area contributed by atoms with Crippen LogP contribution in [0.15, 0.2) is 41.9 Å². The maximum absolute atomic E-state index is 9.06. The number of rotatable bonds is 2. The average molecular weight is 194 g/mol. The van der Waals surface area contributed by atoms with Gasteiger partial charge in [-0.2, -0.15) is 0 Å². The van der Waals surface area contributed by atoms with E-state index in [9.17, 15) is 0 Å². The zero-order valence-electron chi connectivity index (χ0n) is 7.60. The number of allylic oxidation sites excluding steroid dienone is 1. The normalized spacial score (nSPS) is 15.7. The van der Waals surface area contributed by atoms with Gasteiger partial charge >= 0.3 is 0 Å². The van der Waals surface area contributed by atoms with Gasteiger partial charge in [-0.05, 0) is 19.1 Å². The zero-order valence-corrected chi connectivity index (χ0v) is 7.60. The van der Waals surface area contributed by atoms with Gasteiger partial charge in [0, 0.05) is 0 Å². The van der Waals surface area contributed by atoms with E-state index in [0.29, 0.717) is 22.6 Å². The predicted octanol–water partition coefficient (Wildman–Crippen LogP) is 1.40. The Morgan fingerprint density at radius 2 is 2.07 bits per heavy atom. The second-order valence-corrected chi connectivity index (χ2v) is 2.80. The molecule has 0 spiro atoms. The molecule has 1 aliphatic rings. The molecule has 0 bridgehead atoms. The molecule has 2 N–H and O–H groups in total.